The molecule has 4 N–H and O–H groups in total. The van der Waals surface area contributed by atoms with Crippen molar-refractivity contribution in [1.82, 2.24) is 20.6 Å². The zero-order valence-corrected chi connectivity index (χ0v) is 30.7. The third kappa shape index (κ3) is 6.69. The van der Waals surface area contributed by atoms with Crippen molar-refractivity contribution in [2.24, 2.45) is 34.5 Å². The molecular formula is C40H58N4O5. The van der Waals surface area contributed by atoms with Gasteiger partial charge in [0, 0.05) is 24.2 Å². The van der Waals surface area contributed by atoms with E-state index in [0.717, 1.165) is 36.1 Å². The van der Waals surface area contributed by atoms with E-state index in [2.05, 4.69) is 56.2 Å². The van der Waals surface area contributed by atoms with Crippen LogP contribution in [-0.2, 0) is 16.2 Å². The molecule has 1 spiro atoms. The van der Waals surface area contributed by atoms with Gasteiger partial charge in [0.25, 0.3) is 5.91 Å². The Labute approximate surface area is 292 Å². The number of hydroxylamine groups is 2. The minimum absolute atomic E-state index is 0.0530. The summed E-state index contributed by atoms with van der Waals surface area (Å²) >= 11 is 0. The highest BCUT2D eigenvalue weighted by Crippen LogP contribution is 2.66. The Morgan fingerprint density at radius 3 is 2.33 bits per heavy atom. The first kappa shape index (κ1) is 36.0. The Bertz CT molecular complexity index is 1530. The monoisotopic (exact) mass is 674 g/mol. The molecule has 9 atom stereocenters. The zero-order valence-electron chi connectivity index (χ0n) is 30.7. The number of aliphatic hydroxyl groups excluding tert-OH is 1. The lowest BCUT2D eigenvalue weighted by atomic mass is 9.45. The summed E-state index contributed by atoms with van der Waals surface area (Å²) in [6, 6.07) is 15.1. The van der Waals surface area contributed by atoms with E-state index in [0.29, 0.717) is 47.6 Å². The topological polar surface area (TPSA) is 114 Å². The van der Waals surface area contributed by atoms with Crippen molar-refractivity contribution in [3.63, 3.8) is 0 Å². The van der Waals surface area contributed by atoms with E-state index in [1.165, 1.54) is 6.42 Å². The molecule has 1 aliphatic heterocycles. The molecule has 0 radical (unpaired) electrons. The first-order valence-corrected chi connectivity index (χ1v) is 18.3. The van der Waals surface area contributed by atoms with Crippen LogP contribution in [0.2, 0.25) is 0 Å². The van der Waals surface area contributed by atoms with E-state index in [1.807, 2.05) is 56.6 Å². The molecule has 7 rings (SSSR count). The minimum Gasteiger partial charge on any atom is -0.394 e. The molecule has 5 aliphatic rings. The first-order chi connectivity index (χ1) is 23.1. The highest BCUT2D eigenvalue weighted by atomic mass is 16.7. The van der Waals surface area contributed by atoms with Gasteiger partial charge in [-0.25, -0.2) is 0 Å². The fraction of sp³-hybridized carbons (Fsp3) is 0.650. The van der Waals surface area contributed by atoms with Crippen molar-refractivity contribution < 1.29 is 24.6 Å². The van der Waals surface area contributed by atoms with Crippen molar-refractivity contribution in [3.05, 3.63) is 59.7 Å². The van der Waals surface area contributed by atoms with Gasteiger partial charge in [0.1, 0.15) is 12.1 Å². The number of benzene rings is 2. The number of likely N-dealkylation sites (N-methyl/N-ethyl adjacent to an activating group) is 1. The summed E-state index contributed by atoms with van der Waals surface area (Å²) in [4.78, 5) is 36.1. The average Bonchev–Trinajstić information content (AvgIpc) is 3.45. The fourth-order valence-corrected chi connectivity index (χ4v) is 9.75. The van der Waals surface area contributed by atoms with Crippen LogP contribution >= 0.6 is 0 Å². The van der Waals surface area contributed by atoms with Gasteiger partial charge in [-0.2, -0.15) is 5.06 Å². The van der Waals surface area contributed by atoms with Crippen molar-refractivity contribution in [3.8, 4) is 11.1 Å². The lowest BCUT2D eigenvalue weighted by Crippen LogP contribution is -2.62. The molecule has 4 aliphatic carbocycles. The van der Waals surface area contributed by atoms with E-state index in [-0.39, 0.29) is 30.5 Å². The quantitative estimate of drug-likeness (QED) is 0.254. The molecule has 2 aromatic carbocycles. The van der Waals surface area contributed by atoms with Crippen LogP contribution in [0, 0.1) is 34.5 Å². The van der Waals surface area contributed by atoms with Crippen LogP contribution in [-0.4, -0.2) is 89.1 Å². The second-order valence-electron chi connectivity index (χ2n) is 17.2. The highest BCUT2D eigenvalue weighted by molar-refractivity contribution is 5.95. The first-order valence-electron chi connectivity index (χ1n) is 18.3. The van der Waals surface area contributed by atoms with Crippen molar-refractivity contribution in [2.45, 2.75) is 104 Å². The number of amides is 2. The van der Waals surface area contributed by atoms with Gasteiger partial charge >= 0.3 is 0 Å². The SMILES string of the molecule is CC(C)C[C@@H](CN(C)C)NC(=O)c1cccc(-c2cccc(CN3O[C@@H](CO)[C@]4(CC4(C)O)[C@H]3C(=O)N[C@H]3C[C@H]4C[C@@H]([C@@H]3C)C4(C)C)c2)c1. The van der Waals surface area contributed by atoms with Crippen LogP contribution in [0.1, 0.15) is 83.1 Å². The molecule has 9 heteroatoms. The maximum absolute atomic E-state index is 14.3. The fourth-order valence-electron chi connectivity index (χ4n) is 9.75. The smallest absolute Gasteiger partial charge is 0.251 e. The molecule has 5 fully saturated rings. The Morgan fingerprint density at radius 1 is 1.06 bits per heavy atom. The molecule has 9 nitrogen and oxygen atoms in total. The Balaban J connectivity index is 1.20. The van der Waals surface area contributed by atoms with E-state index in [4.69, 9.17) is 4.84 Å². The maximum Gasteiger partial charge on any atom is 0.251 e. The summed E-state index contributed by atoms with van der Waals surface area (Å²) < 4.78 is 0. The number of rotatable bonds is 12. The molecule has 1 unspecified atom stereocenters. The predicted octanol–water partition coefficient (Wildman–Crippen LogP) is 4.86. The maximum atomic E-state index is 14.3. The Hall–Kier alpha value is -2.82. The lowest BCUT2D eigenvalue weighted by Gasteiger charge is -2.62. The van der Waals surface area contributed by atoms with Gasteiger partial charge in [-0.1, -0.05) is 65.0 Å². The second kappa shape index (κ2) is 13.4. The molecule has 2 aromatic rings. The summed E-state index contributed by atoms with van der Waals surface area (Å²) in [5.41, 5.74) is 1.70. The predicted molar refractivity (Wildman–Crippen MR) is 191 cm³/mol. The molecule has 0 aromatic heterocycles. The molecule has 2 bridgehead atoms. The van der Waals surface area contributed by atoms with Crippen molar-refractivity contribution in [2.75, 3.05) is 27.2 Å². The zero-order chi connectivity index (χ0) is 35.5. The number of nitrogens with one attached hydrogen (secondary N) is 2. The van der Waals surface area contributed by atoms with Crippen molar-refractivity contribution in [1.29, 1.82) is 0 Å². The summed E-state index contributed by atoms with van der Waals surface area (Å²) in [7, 11) is 4.04. The molecule has 1 heterocycles. The summed E-state index contributed by atoms with van der Waals surface area (Å²) in [6.07, 6.45) is 2.79. The third-order valence-electron chi connectivity index (χ3n) is 12.6. The number of hydrogen-bond donors (Lipinski definition) is 4. The van der Waals surface area contributed by atoms with Crippen LogP contribution < -0.4 is 10.6 Å². The van der Waals surface area contributed by atoms with Crippen LogP contribution in [0.15, 0.2) is 48.5 Å². The van der Waals surface area contributed by atoms with Gasteiger partial charge in [-0.05, 0) is 111 Å². The van der Waals surface area contributed by atoms with Gasteiger partial charge in [0.05, 0.1) is 24.2 Å². The average molecular weight is 675 g/mol. The number of carbonyl (C=O) groups excluding carboxylic acids is 2. The third-order valence-corrected chi connectivity index (χ3v) is 12.6. The Morgan fingerprint density at radius 2 is 1.73 bits per heavy atom. The number of nitrogens with zero attached hydrogens (tertiary/aromatic N) is 2. The number of hydrogen-bond acceptors (Lipinski definition) is 7. The lowest BCUT2D eigenvalue weighted by molar-refractivity contribution is -0.183. The standard InChI is InChI=1S/C40H58N4O5/c1-24(2)15-31(21-43(7)8)41-36(46)29-14-10-13-28(17-29)27-12-9-11-26(16-27)20-44-35(40(23-39(40,6)48)34(22-45)49-44)37(47)42-33-19-30-18-32(25(33)3)38(30,4)5/h9-14,16-17,24-25,30-35,45,48H,15,18-23H2,1-8H3,(H,41,46)(H,42,47)/t25-,30+,31-,32-,33-,34-,35+,39?,40+/m0/s1. The number of aliphatic hydroxyl groups is 2. The summed E-state index contributed by atoms with van der Waals surface area (Å²) in [6.45, 7) is 13.8. The van der Waals surface area contributed by atoms with Gasteiger partial charge in [0.2, 0.25) is 5.91 Å². The Kier molecular flexibility index (Phi) is 9.83. The van der Waals surface area contributed by atoms with E-state index < -0.39 is 23.2 Å². The van der Waals surface area contributed by atoms with E-state index >= 15 is 0 Å². The molecular weight excluding hydrogens is 616 g/mol. The number of fused-ring (bicyclic) bond motifs is 2. The normalized spacial score (nSPS) is 33.8. The molecule has 2 amide bonds. The van der Waals surface area contributed by atoms with E-state index in [9.17, 15) is 19.8 Å². The largest absolute Gasteiger partial charge is 0.394 e. The van der Waals surface area contributed by atoms with Gasteiger partial charge in [-0.3, -0.25) is 14.4 Å². The van der Waals surface area contributed by atoms with Crippen LogP contribution in [0.25, 0.3) is 11.1 Å². The summed E-state index contributed by atoms with van der Waals surface area (Å²) in [5, 5.41) is 30.1. The van der Waals surface area contributed by atoms with Crippen LogP contribution in [0.3, 0.4) is 0 Å². The van der Waals surface area contributed by atoms with Gasteiger partial charge in [0.15, 0.2) is 0 Å². The summed E-state index contributed by atoms with van der Waals surface area (Å²) in [5.74, 6) is 1.80. The highest BCUT2D eigenvalue weighted by Gasteiger charge is 2.78. The van der Waals surface area contributed by atoms with Crippen molar-refractivity contribution >= 4 is 11.8 Å². The van der Waals surface area contributed by atoms with E-state index in [1.54, 1.807) is 12.0 Å². The van der Waals surface area contributed by atoms with Gasteiger partial charge in [-0.15, -0.1) is 0 Å². The molecule has 268 valence electrons. The molecule has 49 heavy (non-hydrogen) atoms. The van der Waals surface area contributed by atoms with Gasteiger partial charge < -0.3 is 25.7 Å². The van der Waals surface area contributed by atoms with Crippen LogP contribution in [0.4, 0.5) is 0 Å². The number of carbonyl (C=O) groups is 2. The molecule has 1 saturated heterocycles. The molecule has 4 saturated carbocycles. The minimum atomic E-state index is -1.12. The van der Waals surface area contributed by atoms with Crippen LogP contribution in [0.5, 0.6) is 0 Å². The second-order valence-corrected chi connectivity index (χ2v) is 17.2.